The summed E-state index contributed by atoms with van der Waals surface area (Å²) < 4.78 is 26.4. The maximum atomic E-state index is 13.5. The summed E-state index contributed by atoms with van der Waals surface area (Å²) in [5, 5.41) is 3.34. The largest absolute Gasteiger partial charge is 0.354 e. The molecule has 0 fully saturated rings. The van der Waals surface area contributed by atoms with Gasteiger partial charge in [0.1, 0.15) is 12.6 Å². The van der Waals surface area contributed by atoms with Crippen molar-refractivity contribution in [1.29, 1.82) is 0 Å². The summed E-state index contributed by atoms with van der Waals surface area (Å²) in [5.41, 5.74) is 2.87. The van der Waals surface area contributed by atoms with Gasteiger partial charge in [-0.15, -0.1) is 0 Å². The maximum absolute atomic E-state index is 13.5. The predicted molar refractivity (Wildman–Crippen MR) is 137 cm³/mol. The van der Waals surface area contributed by atoms with Crippen molar-refractivity contribution in [3.05, 3.63) is 64.2 Å². The van der Waals surface area contributed by atoms with Gasteiger partial charge in [0.05, 0.1) is 11.9 Å². The molecule has 2 amide bonds. The first kappa shape index (κ1) is 27.7. The average molecular weight is 508 g/mol. The Kier molecular flexibility index (Phi) is 9.53. The summed E-state index contributed by atoms with van der Waals surface area (Å²) >= 11 is 6.04. The zero-order chi connectivity index (χ0) is 25.6. The smallest absolute Gasteiger partial charge is 0.244 e. The number of benzene rings is 2. The molecular weight excluding hydrogens is 474 g/mol. The molecule has 0 aliphatic carbocycles. The summed E-state index contributed by atoms with van der Waals surface area (Å²) in [4.78, 5) is 27.8. The molecule has 0 saturated carbocycles. The molecule has 0 aliphatic rings. The summed E-state index contributed by atoms with van der Waals surface area (Å²) in [6, 6.07) is 11.7. The maximum Gasteiger partial charge on any atom is 0.244 e. The number of amides is 2. The van der Waals surface area contributed by atoms with E-state index in [4.69, 9.17) is 11.6 Å². The van der Waals surface area contributed by atoms with Crippen LogP contribution in [-0.4, -0.2) is 50.5 Å². The highest BCUT2D eigenvalue weighted by Crippen LogP contribution is 2.26. The zero-order valence-electron chi connectivity index (χ0n) is 20.6. The first-order valence-corrected chi connectivity index (χ1v) is 13.4. The minimum Gasteiger partial charge on any atom is -0.354 e. The predicted octanol–water partition coefficient (Wildman–Crippen LogP) is 3.91. The SMILES string of the molecule is Cc1cccc(CN(C(=O)CN(c2ccc(Cl)cc2C)S(C)(=O)=O)[C@H](C)C(=O)NCC(C)C)c1. The fourth-order valence-electron chi connectivity index (χ4n) is 3.54. The van der Waals surface area contributed by atoms with Crippen LogP contribution in [-0.2, 0) is 26.2 Å². The second kappa shape index (κ2) is 11.7. The Morgan fingerprint density at radius 3 is 2.29 bits per heavy atom. The van der Waals surface area contributed by atoms with Crippen molar-refractivity contribution in [3.8, 4) is 0 Å². The van der Waals surface area contributed by atoms with Crippen LogP contribution in [0.15, 0.2) is 42.5 Å². The van der Waals surface area contributed by atoms with Gasteiger partial charge >= 0.3 is 0 Å². The quantitative estimate of drug-likeness (QED) is 0.528. The van der Waals surface area contributed by atoms with Gasteiger partial charge in [-0.05, 0) is 56.0 Å². The Labute approximate surface area is 208 Å². The molecule has 0 heterocycles. The molecule has 9 heteroatoms. The molecule has 0 saturated heterocycles. The Hall–Kier alpha value is -2.58. The van der Waals surface area contributed by atoms with Gasteiger partial charge in [-0.1, -0.05) is 55.3 Å². The first-order chi connectivity index (χ1) is 15.8. The summed E-state index contributed by atoms with van der Waals surface area (Å²) in [5.74, 6) is -0.512. The van der Waals surface area contributed by atoms with Gasteiger partial charge in [-0.3, -0.25) is 13.9 Å². The lowest BCUT2D eigenvalue weighted by molar-refractivity contribution is -0.139. The van der Waals surface area contributed by atoms with Crippen molar-refractivity contribution in [2.45, 2.75) is 47.2 Å². The van der Waals surface area contributed by atoms with E-state index in [2.05, 4.69) is 5.32 Å². The molecule has 0 aromatic heterocycles. The third-order valence-electron chi connectivity index (χ3n) is 5.39. The van der Waals surface area contributed by atoms with Crippen LogP contribution in [0.2, 0.25) is 5.02 Å². The number of aryl methyl sites for hydroxylation is 2. The molecule has 0 spiro atoms. The molecule has 2 aromatic carbocycles. The summed E-state index contributed by atoms with van der Waals surface area (Å²) in [7, 11) is -3.79. The van der Waals surface area contributed by atoms with Crippen LogP contribution in [0.3, 0.4) is 0 Å². The number of rotatable bonds is 10. The molecule has 1 atom stereocenters. The van der Waals surface area contributed by atoms with Crippen molar-refractivity contribution >= 4 is 39.1 Å². The van der Waals surface area contributed by atoms with E-state index in [-0.39, 0.29) is 18.4 Å². The van der Waals surface area contributed by atoms with E-state index in [1.807, 2.05) is 45.0 Å². The molecule has 7 nitrogen and oxygen atoms in total. The minimum absolute atomic E-state index is 0.175. The van der Waals surface area contributed by atoms with Gasteiger partial charge in [0, 0.05) is 18.1 Å². The lowest BCUT2D eigenvalue weighted by Crippen LogP contribution is -2.51. The second-order valence-corrected chi connectivity index (χ2v) is 11.4. The number of hydrogen-bond acceptors (Lipinski definition) is 4. The molecule has 0 unspecified atom stereocenters. The van der Waals surface area contributed by atoms with E-state index in [1.54, 1.807) is 32.0 Å². The van der Waals surface area contributed by atoms with Crippen molar-refractivity contribution in [2.75, 3.05) is 23.7 Å². The van der Waals surface area contributed by atoms with Gasteiger partial charge in [0.15, 0.2) is 0 Å². The van der Waals surface area contributed by atoms with E-state index in [0.717, 1.165) is 21.7 Å². The van der Waals surface area contributed by atoms with Crippen LogP contribution >= 0.6 is 11.6 Å². The number of nitrogens with zero attached hydrogens (tertiary/aromatic N) is 2. The fraction of sp³-hybridized carbons (Fsp3) is 0.440. The number of hydrogen-bond donors (Lipinski definition) is 1. The standard InChI is InChI=1S/C25H34ClN3O4S/c1-17(2)14-27-25(31)20(5)28(15-21-9-7-8-18(3)12-21)24(30)16-29(34(6,32)33)23-11-10-22(26)13-19(23)4/h7-13,17,20H,14-16H2,1-6H3,(H,27,31)/t20-/m1/s1. The molecule has 2 aromatic rings. The van der Waals surface area contributed by atoms with Crippen molar-refractivity contribution in [1.82, 2.24) is 10.2 Å². The van der Waals surface area contributed by atoms with Crippen molar-refractivity contribution in [3.63, 3.8) is 0 Å². The number of carbonyl (C=O) groups excluding carboxylic acids is 2. The highest BCUT2D eigenvalue weighted by molar-refractivity contribution is 7.92. The average Bonchev–Trinajstić information content (AvgIpc) is 2.73. The molecule has 1 N–H and O–H groups in total. The normalized spacial score (nSPS) is 12.4. The van der Waals surface area contributed by atoms with Crippen molar-refractivity contribution < 1.29 is 18.0 Å². The number of carbonyl (C=O) groups is 2. The molecule has 34 heavy (non-hydrogen) atoms. The van der Waals surface area contributed by atoms with E-state index in [1.165, 1.54) is 4.90 Å². The molecule has 0 bridgehead atoms. The van der Waals surface area contributed by atoms with E-state index in [0.29, 0.717) is 22.8 Å². The molecule has 0 aliphatic heterocycles. The third kappa shape index (κ3) is 7.74. The Morgan fingerprint density at radius 2 is 1.74 bits per heavy atom. The first-order valence-electron chi connectivity index (χ1n) is 11.2. The lowest BCUT2D eigenvalue weighted by atomic mass is 10.1. The zero-order valence-corrected chi connectivity index (χ0v) is 22.2. The second-order valence-electron chi connectivity index (χ2n) is 9.03. The Balaban J connectivity index is 2.40. The van der Waals surface area contributed by atoms with Crippen LogP contribution in [0.25, 0.3) is 0 Å². The summed E-state index contributed by atoms with van der Waals surface area (Å²) in [6.07, 6.45) is 1.05. The topological polar surface area (TPSA) is 86.8 Å². The lowest BCUT2D eigenvalue weighted by Gasteiger charge is -2.32. The van der Waals surface area contributed by atoms with Crippen LogP contribution in [0.1, 0.15) is 37.5 Å². The molecule has 186 valence electrons. The van der Waals surface area contributed by atoms with E-state index < -0.39 is 28.5 Å². The van der Waals surface area contributed by atoms with Crippen molar-refractivity contribution in [2.24, 2.45) is 5.92 Å². The number of halogens is 1. The van der Waals surface area contributed by atoms with E-state index >= 15 is 0 Å². The van der Waals surface area contributed by atoms with Gasteiger partial charge in [0.2, 0.25) is 21.8 Å². The van der Waals surface area contributed by atoms with Gasteiger partial charge in [-0.2, -0.15) is 0 Å². The van der Waals surface area contributed by atoms with Crippen LogP contribution < -0.4 is 9.62 Å². The fourth-order valence-corrected chi connectivity index (χ4v) is 4.67. The number of sulfonamides is 1. The highest BCUT2D eigenvalue weighted by Gasteiger charge is 2.30. The van der Waals surface area contributed by atoms with Gasteiger partial charge < -0.3 is 10.2 Å². The molecule has 0 radical (unpaired) electrons. The monoisotopic (exact) mass is 507 g/mol. The third-order valence-corrected chi connectivity index (χ3v) is 6.76. The number of anilines is 1. The van der Waals surface area contributed by atoms with Crippen LogP contribution in [0.5, 0.6) is 0 Å². The van der Waals surface area contributed by atoms with Gasteiger partial charge in [0.25, 0.3) is 0 Å². The molecule has 2 rings (SSSR count). The van der Waals surface area contributed by atoms with E-state index in [9.17, 15) is 18.0 Å². The van der Waals surface area contributed by atoms with Crippen LogP contribution in [0.4, 0.5) is 5.69 Å². The minimum atomic E-state index is -3.79. The van der Waals surface area contributed by atoms with Crippen LogP contribution in [0, 0.1) is 19.8 Å². The molecular formula is C25H34ClN3O4S. The summed E-state index contributed by atoms with van der Waals surface area (Å²) in [6.45, 7) is 9.53. The Bertz CT molecular complexity index is 1130. The highest BCUT2D eigenvalue weighted by atomic mass is 35.5. The van der Waals surface area contributed by atoms with Gasteiger partial charge in [-0.25, -0.2) is 8.42 Å². The Morgan fingerprint density at radius 1 is 1.06 bits per heavy atom. The number of nitrogens with one attached hydrogen (secondary N) is 1.